The van der Waals surface area contributed by atoms with E-state index in [1.807, 2.05) is 0 Å². The molecule has 1 nitrogen and oxygen atoms in total. The Morgan fingerprint density at radius 3 is 2.29 bits per heavy atom. The second kappa shape index (κ2) is 4.80. The average Bonchev–Trinajstić information content (AvgIpc) is 2.25. The fourth-order valence-electron chi connectivity index (χ4n) is 1.78. The Hall–Kier alpha value is 0.370. The largest absolute Gasteiger partial charge is 0.488 e. The van der Waals surface area contributed by atoms with Crippen LogP contribution in [0.5, 0.6) is 5.75 Å². The molecule has 0 amide bonds. The van der Waals surface area contributed by atoms with E-state index in [1.165, 1.54) is 0 Å². The lowest BCUT2D eigenvalue weighted by molar-refractivity contribution is -0.00771. The number of benzene rings is 1. The summed E-state index contributed by atoms with van der Waals surface area (Å²) >= 11 is 21.5. The first-order valence-corrected chi connectivity index (χ1v) is 7.32. The summed E-state index contributed by atoms with van der Waals surface area (Å²) in [6.45, 7) is 4.32. The van der Waals surface area contributed by atoms with Gasteiger partial charge < -0.3 is 4.74 Å². The third-order valence-corrected chi connectivity index (χ3v) is 5.87. The SMILES string of the molecule is CC1(C)C(Br)CC1Oc1cc(Cl)c(Cl)cc1Cl. The maximum atomic E-state index is 6.08. The summed E-state index contributed by atoms with van der Waals surface area (Å²) in [4.78, 5) is 0.474. The third-order valence-electron chi connectivity index (χ3n) is 3.30. The first-order chi connectivity index (χ1) is 7.82. The van der Waals surface area contributed by atoms with Gasteiger partial charge in [0.1, 0.15) is 11.9 Å². The van der Waals surface area contributed by atoms with Crippen molar-refractivity contribution in [3.8, 4) is 5.75 Å². The molecule has 2 atom stereocenters. The van der Waals surface area contributed by atoms with E-state index in [4.69, 9.17) is 39.5 Å². The molecular formula is C12H12BrCl3O. The van der Waals surface area contributed by atoms with E-state index in [-0.39, 0.29) is 11.5 Å². The van der Waals surface area contributed by atoms with Gasteiger partial charge in [0.15, 0.2) is 0 Å². The van der Waals surface area contributed by atoms with Crippen molar-refractivity contribution in [2.45, 2.75) is 31.2 Å². The number of hydrogen-bond acceptors (Lipinski definition) is 1. The summed E-state index contributed by atoms with van der Waals surface area (Å²) in [5.41, 5.74) is 0.0927. The Kier molecular flexibility index (Phi) is 3.90. The average molecular weight is 358 g/mol. The van der Waals surface area contributed by atoms with E-state index >= 15 is 0 Å². The third kappa shape index (κ3) is 2.56. The zero-order valence-corrected chi connectivity index (χ0v) is 13.3. The van der Waals surface area contributed by atoms with E-state index in [0.717, 1.165) is 6.42 Å². The van der Waals surface area contributed by atoms with Gasteiger partial charge in [-0.2, -0.15) is 0 Å². The molecule has 0 spiro atoms. The molecule has 1 aromatic rings. The lowest BCUT2D eigenvalue weighted by atomic mass is 9.69. The van der Waals surface area contributed by atoms with Gasteiger partial charge in [0.25, 0.3) is 0 Å². The van der Waals surface area contributed by atoms with Crippen molar-refractivity contribution in [3.05, 3.63) is 27.2 Å². The maximum absolute atomic E-state index is 6.08. The van der Waals surface area contributed by atoms with Gasteiger partial charge in [-0.15, -0.1) is 0 Å². The quantitative estimate of drug-likeness (QED) is 0.495. The zero-order valence-electron chi connectivity index (χ0n) is 9.44. The first-order valence-electron chi connectivity index (χ1n) is 5.27. The van der Waals surface area contributed by atoms with E-state index in [2.05, 4.69) is 29.8 Å². The fraction of sp³-hybridized carbons (Fsp3) is 0.500. The number of ether oxygens (including phenoxy) is 1. The molecular weight excluding hydrogens is 346 g/mol. The topological polar surface area (TPSA) is 9.23 Å². The minimum atomic E-state index is 0.0927. The van der Waals surface area contributed by atoms with Gasteiger partial charge in [0.2, 0.25) is 0 Å². The van der Waals surface area contributed by atoms with E-state index < -0.39 is 0 Å². The lowest BCUT2D eigenvalue weighted by Gasteiger charge is -2.48. The minimum Gasteiger partial charge on any atom is -0.488 e. The second-order valence-corrected chi connectivity index (χ2v) is 7.15. The Bertz CT molecular complexity index is 448. The van der Waals surface area contributed by atoms with Crippen molar-refractivity contribution in [1.29, 1.82) is 0 Å². The number of alkyl halides is 1. The van der Waals surface area contributed by atoms with Crippen LogP contribution in [0.4, 0.5) is 0 Å². The molecule has 2 rings (SSSR count). The van der Waals surface area contributed by atoms with Gasteiger partial charge in [0, 0.05) is 16.3 Å². The zero-order chi connectivity index (χ0) is 12.8. The summed E-state index contributed by atoms with van der Waals surface area (Å²) in [5.74, 6) is 0.596. The van der Waals surface area contributed by atoms with Crippen molar-refractivity contribution in [2.24, 2.45) is 5.41 Å². The van der Waals surface area contributed by atoms with Gasteiger partial charge in [-0.05, 0) is 12.5 Å². The van der Waals surface area contributed by atoms with Crippen molar-refractivity contribution in [3.63, 3.8) is 0 Å². The Balaban J connectivity index is 2.18. The summed E-state index contributed by atoms with van der Waals surface area (Å²) in [5, 5.41) is 1.39. The second-order valence-electron chi connectivity index (χ2n) is 4.83. The van der Waals surface area contributed by atoms with Gasteiger partial charge in [-0.1, -0.05) is 64.6 Å². The van der Waals surface area contributed by atoms with Crippen molar-refractivity contribution in [1.82, 2.24) is 0 Å². The van der Waals surface area contributed by atoms with Crippen LogP contribution in [0.25, 0.3) is 0 Å². The predicted molar refractivity (Wildman–Crippen MR) is 77.0 cm³/mol. The highest BCUT2D eigenvalue weighted by Crippen LogP contribution is 2.48. The molecule has 0 saturated heterocycles. The molecule has 0 N–H and O–H groups in total. The summed E-state index contributed by atoms with van der Waals surface area (Å²) in [6, 6.07) is 3.28. The molecule has 0 aliphatic heterocycles. The summed E-state index contributed by atoms with van der Waals surface area (Å²) in [7, 11) is 0. The highest BCUT2D eigenvalue weighted by atomic mass is 79.9. The van der Waals surface area contributed by atoms with Gasteiger partial charge in [-0.3, -0.25) is 0 Å². The van der Waals surface area contributed by atoms with Crippen molar-refractivity contribution in [2.75, 3.05) is 0 Å². The lowest BCUT2D eigenvalue weighted by Crippen LogP contribution is -2.53. The van der Waals surface area contributed by atoms with Crippen LogP contribution in [0.1, 0.15) is 20.3 Å². The molecule has 1 aliphatic rings. The molecule has 94 valence electrons. The van der Waals surface area contributed by atoms with Crippen LogP contribution >= 0.6 is 50.7 Å². The van der Waals surface area contributed by atoms with Crippen LogP contribution < -0.4 is 4.74 Å². The van der Waals surface area contributed by atoms with Crippen LogP contribution in [0, 0.1) is 5.41 Å². The number of hydrogen-bond donors (Lipinski definition) is 0. The van der Waals surface area contributed by atoms with Crippen LogP contribution in [0.3, 0.4) is 0 Å². The van der Waals surface area contributed by atoms with Crippen LogP contribution in [-0.2, 0) is 0 Å². The summed E-state index contributed by atoms with van der Waals surface area (Å²) < 4.78 is 5.90. The molecule has 1 saturated carbocycles. The van der Waals surface area contributed by atoms with Gasteiger partial charge >= 0.3 is 0 Å². The molecule has 0 heterocycles. The molecule has 2 unspecified atom stereocenters. The van der Waals surface area contributed by atoms with Crippen molar-refractivity contribution >= 4 is 50.7 Å². The normalized spacial score (nSPS) is 26.5. The molecule has 0 aromatic heterocycles. The Labute approximate surface area is 125 Å². The Morgan fingerprint density at radius 2 is 1.76 bits per heavy atom. The standard InChI is InChI=1S/C12H12BrCl3O/c1-12(2)10(13)5-11(12)17-9-4-7(15)6(14)3-8(9)16/h3-4,10-11H,5H2,1-2H3. The molecule has 17 heavy (non-hydrogen) atoms. The molecule has 1 aromatic carbocycles. The minimum absolute atomic E-state index is 0.0927. The monoisotopic (exact) mass is 356 g/mol. The van der Waals surface area contributed by atoms with Crippen molar-refractivity contribution < 1.29 is 4.74 Å². The highest BCUT2D eigenvalue weighted by Gasteiger charge is 2.48. The molecule has 0 bridgehead atoms. The van der Waals surface area contributed by atoms with Gasteiger partial charge in [-0.25, -0.2) is 0 Å². The summed E-state index contributed by atoms with van der Waals surface area (Å²) in [6.07, 6.45) is 1.10. The predicted octanol–water partition coefficient (Wildman–Crippen LogP) is 5.59. The molecule has 0 radical (unpaired) electrons. The van der Waals surface area contributed by atoms with Crippen LogP contribution in [0.15, 0.2) is 12.1 Å². The molecule has 1 fully saturated rings. The smallest absolute Gasteiger partial charge is 0.139 e. The number of halogens is 4. The fourth-order valence-corrected chi connectivity index (χ4v) is 3.00. The first kappa shape index (κ1) is 13.8. The highest BCUT2D eigenvalue weighted by molar-refractivity contribution is 9.09. The molecule has 1 aliphatic carbocycles. The van der Waals surface area contributed by atoms with Crippen LogP contribution in [0.2, 0.25) is 15.1 Å². The Morgan fingerprint density at radius 1 is 1.18 bits per heavy atom. The van der Waals surface area contributed by atoms with E-state index in [0.29, 0.717) is 25.6 Å². The van der Waals surface area contributed by atoms with Gasteiger partial charge in [0.05, 0.1) is 15.1 Å². The number of rotatable bonds is 2. The van der Waals surface area contributed by atoms with E-state index in [9.17, 15) is 0 Å². The molecule has 5 heteroatoms. The van der Waals surface area contributed by atoms with Crippen LogP contribution in [-0.4, -0.2) is 10.9 Å². The van der Waals surface area contributed by atoms with E-state index in [1.54, 1.807) is 12.1 Å². The maximum Gasteiger partial charge on any atom is 0.139 e.